The molecule has 1 aromatic rings. The molecular formula is C14H17FO2. The van der Waals surface area contributed by atoms with Gasteiger partial charge in [0.25, 0.3) is 0 Å². The van der Waals surface area contributed by atoms with E-state index in [9.17, 15) is 4.39 Å². The van der Waals surface area contributed by atoms with Gasteiger partial charge in [0.05, 0.1) is 0 Å². The van der Waals surface area contributed by atoms with Crippen molar-refractivity contribution in [2.24, 2.45) is 0 Å². The van der Waals surface area contributed by atoms with Gasteiger partial charge in [-0.3, -0.25) is 0 Å². The second kappa shape index (κ2) is 7.05. The lowest BCUT2D eigenvalue weighted by atomic mass is 10.1. The van der Waals surface area contributed by atoms with E-state index in [1.165, 1.54) is 12.1 Å². The normalized spacial score (nSPS) is 11.8. The van der Waals surface area contributed by atoms with E-state index in [1.54, 1.807) is 6.07 Å². The summed E-state index contributed by atoms with van der Waals surface area (Å²) in [5.74, 6) is 5.58. The van der Waals surface area contributed by atoms with Gasteiger partial charge in [-0.25, -0.2) is 4.39 Å². The van der Waals surface area contributed by atoms with Crippen molar-refractivity contribution < 1.29 is 13.9 Å². The van der Waals surface area contributed by atoms with Crippen molar-refractivity contribution in [3.63, 3.8) is 0 Å². The van der Waals surface area contributed by atoms with Crippen LogP contribution in [0.3, 0.4) is 0 Å². The summed E-state index contributed by atoms with van der Waals surface area (Å²) in [6.45, 7) is 6.49. The highest BCUT2D eigenvalue weighted by Crippen LogP contribution is 2.08. The Hall–Kier alpha value is -1.37. The minimum atomic E-state index is -0.247. The molecule has 0 spiro atoms. The van der Waals surface area contributed by atoms with Crippen LogP contribution in [0.2, 0.25) is 0 Å². The topological polar surface area (TPSA) is 18.5 Å². The van der Waals surface area contributed by atoms with Gasteiger partial charge < -0.3 is 9.47 Å². The molecule has 0 aliphatic heterocycles. The first-order chi connectivity index (χ1) is 8.13. The molecular weight excluding hydrogens is 219 g/mol. The Labute approximate surface area is 102 Å². The molecule has 92 valence electrons. The van der Waals surface area contributed by atoms with Crippen LogP contribution in [0, 0.1) is 24.6 Å². The third-order valence-corrected chi connectivity index (χ3v) is 2.20. The lowest BCUT2D eigenvalue weighted by molar-refractivity contribution is -0.117. The first kappa shape index (κ1) is 13.7. The second-order valence-electron chi connectivity index (χ2n) is 3.59. The summed E-state index contributed by atoms with van der Waals surface area (Å²) in [6.07, 6.45) is -0.247. The fraction of sp³-hybridized carbons (Fsp3) is 0.429. The average Bonchev–Trinajstić information content (AvgIpc) is 2.27. The number of hydrogen-bond donors (Lipinski definition) is 0. The molecule has 0 amide bonds. The van der Waals surface area contributed by atoms with E-state index in [-0.39, 0.29) is 12.1 Å². The maximum absolute atomic E-state index is 12.8. The van der Waals surface area contributed by atoms with Crippen LogP contribution in [-0.2, 0) is 9.47 Å². The molecule has 0 radical (unpaired) electrons. The zero-order valence-corrected chi connectivity index (χ0v) is 10.4. The Morgan fingerprint density at radius 3 is 2.76 bits per heavy atom. The van der Waals surface area contributed by atoms with E-state index < -0.39 is 0 Å². The summed E-state index contributed by atoms with van der Waals surface area (Å²) in [4.78, 5) is 0. The maximum Gasteiger partial charge on any atom is 0.156 e. The van der Waals surface area contributed by atoms with Gasteiger partial charge in [0, 0.05) is 12.2 Å². The zero-order chi connectivity index (χ0) is 12.7. The Morgan fingerprint density at radius 2 is 2.12 bits per heavy atom. The maximum atomic E-state index is 12.8. The van der Waals surface area contributed by atoms with Gasteiger partial charge in [0.2, 0.25) is 0 Å². The van der Waals surface area contributed by atoms with E-state index in [0.29, 0.717) is 13.2 Å². The van der Waals surface area contributed by atoms with Crippen molar-refractivity contribution in [3.8, 4) is 11.8 Å². The number of benzene rings is 1. The second-order valence-corrected chi connectivity index (χ2v) is 3.59. The number of rotatable bonds is 4. The molecule has 0 aliphatic rings. The fourth-order valence-electron chi connectivity index (χ4n) is 1.34. The SMILES string of the molecule is CCOC(C)OCC#Cc1ccc(F)cc1C. The van der Waals surface area contributed by atoms with E-state index in [1.807, 2.05) is 20.8 Å². The largest absolute Gasteiger partial charge is 0.353 e. The minimum Gasteiger partial charge on any atom is -0.353 e. The standard InChI is InChI=1S/C14H17FO2/c1-4-16-12(3)17-9-5-6-13-7-8-14(15)10-11(13)2/h7-8,10,12H,4,9H2,1-3H3. The molecule has 0 heterocycles. The van der Waals surface area contributed by atoms with Gasteiger partial charge in [0.15, 0.2) is 6.29 Å². The van der Waals surface area contributed by atoms with Crippen LogP contribution in [-0.4, -0.2) is 19.5 Å². The van der Waals surface area contributed by atoms with Crippen LogP contribution in [0.15, 0.2) is 18.2 Å². The van der Waals surface area contributed by atoms with Crippen molar-refractivity contribution in [1.82, 2.24) is 0 Å². The van der Waals surface area contributed by atoms with Crippen LogP contribution < -0.4 is 0 Å². The molecule has 1 unspecified atom stereocenters. The molecule has 0 bridgehead atoms. The summed E-state index contributed by atoms with van der Waals surface area (Å²) >= 11 is 0. The summed E-state index contributed by atoms with van der Waals surface area (Å²) < 4.78 is 23.3. The molecule has 0 aromatic heterocycles. The van der Waals surface area contributed by atoms with Gasteiger partial charge >= 0.3 is 0 Å². The molecule has 1 atom stereocenters. The first-order valence-electron chi connectivity index (χ1n) is 5.61. The highest BCUT2D eigenvalue weighted by molar-refractivity contribution is 5.40. The Bertz CT molecular complexity index is 418. The predicted octanol–water partition coefficient (Wildman–Crippen LogP) is 2.88. The van der Waals surface area contributed by atoms with Gasteiger partial charge in [-0.15, -0.1) is 0 Å². The molecule has 0 saturated heterocycles. The zero-order valence-electron chi connectivity index (χ0n) is 10.4. The molecule has 0 N–H and O–H groups in total. The van der Waals surface area contributed by atoms with E-state index in [4.69, 9.17) is 9.47 Å². The van der Waals surface area contributed by atoms with Crippen molar-refractivity contribution >= 4 is 0 Å². The quantitative estimate of drug-likeness (QED) is 0.591. The van der Waals surface area contributed by atoms with Gasteiger partial charge in [-0.1, -0.05) is 11.8 Å². The Kier molecular flexibility index (Phi) is 5.68. The molecule has 1 aromatic carbocycles. The van der Waals surface area contributed by atoms with E-state index >= 15 is 0 Å². The number of ether oxygens (including phenoxy) is 2. The summed E-state index contributed by atoms with van der Waals surface area (Å²) in [7, 11) is 0. The smallest absolute Gasteiger partial charge is 0.156 e. The number of aryl methyl sites for hydroxylation is 1. The monoisotopic (exact) mass is 236 g/mol. The number of hydrogen-bond acceptors (Lipinski definition) is 2. The average molecular weight is 236 g/mol. The van der Waals surface area contributed by atoms with Crippen molar-refractivity contribution in [3.05, 3.63) is 35.1 Å². The molecule has 2 nitrogen and oxygen atoms in total. The van der Waals surface area contributed by atoms with Crippen molar-refractivity contribution in [2.45, 2.75) is 27.1 Å². The van der Waals surface area contributed by atoms with Gasteiger partial charge in [-0.2, -0.15) is 0 Å². The predicted molar refractivity (Wildman–Crippen MR) is 65.1 cm³/mol. The van der Waals surface area contributed by atoms with Crippen LogP contribution in [0.25, 0.3) is 0 Å². The van der Waals surface area contributed by atoms with Crippen molar-refractivity contribution in [1.29, 1.82) is 0 Å². The molecule has 3 heteroatoms. The van der Waals surface area contributed by atoms with Crippen LogP contribution in [0.4, 0.5) is 4.39 Å². The molecule has 0 aliphatic carbocycles. The highest BCUT2D eigenvalue weighted by atomic mass is 19.1. The summed E-state index contributed by atoms with van der Waals surface area (Å²) in [6, 6.07) is 4.54. The van der Waals surface area contributed by atoms with Crippen molar-refractivity contribution in [2.75, 3.05) is 13.2 Å². The fourth-order valence-corrected chi connectivity index (χ4v) is 1.34. The lowest BCUT2D eigenvalue weighted by Gasteiger charge is -2.09. The van der Waals surface area contributed by atoms with Crippen LogP contribution >= 0.6 is 0 Å². The minimum absolute atomic E-state index is 0.241. The molecule has 1 rings (SSSR count). The van der Waals surface area contributed by atoms with Crippen LogP contribution in [0.1, 0.15) is 25.0 Å². The molecule has 0 saturated carbocycles. The summed E-state index contributed by atoms with van der Waals surface area (Å²) in [5.41, 5.74) is 1.65. The lowest BCUT2D eigenvalue weighted by Crippen LogP contribution is -2.12. The molecule has 0 fully saturated rings. The van der Waals surface area contributed by atoms with Gasteiger partial charge in [0.1, 0.15) is 12.4 Å². The molecule has 17 heavy (non-hydrogen) atoms. The first-order valence-corrected chi connectivity index (χ1v) is 5.61. The van der Waals surface area contributed by atoms with Crippen LogP contribution in [0.5, 0.6) is 0 Å². The van der Waals surface area contributed by atoms with E-state index in [2.05, 4.69) is 11.8 Å². The van der Waals surface area contributed by atoms with E-state index in [0.717, 1.165) is 11.1 Å². The Morgan fingerprint density at radius 1 is 1.35 bits per heavy atom. The third kappa shape index (κ3) is 4.99. The number of halogens is 1. The highest BCUT2D eigenvalue weighted by Gasteiger charge is 1.98. The third-order valence-electron chi connectivity index (χ3n) is 2.20. The summed E-state index contributed by atoms with van der Waals surface area (Å²) in [5, 5.41) is 0. The Balaban J connectivity index is 2.49. The van der Waals surface area contributed by atoms with Gasteiger partial charge in [-0.05, 0) is 44.5 Å².